The number of amides is 1. The number of likely N-dealkylation sites (N-methyl/N-ethyl adjacent to an activating group) is 1. The van der Waals surface area contributed by atoms with Crippen molar-refractivity contribution in [3.63, 3.8) is 0 Å². The Labute approximate surface area is 116 Å². The molecular weight excluding hydrogens is 294 g/mol. The third-order valence-electron chi connectivity index (χ3n) is 3.34. The van der Waals surface area contributed by atoms with Crippen molar-refractivity contribution in [1.82, 2.24) is 9.80 Å². The Kier molecular flexibility index (Phi) is 3.92. The molecule has 1 aliphatic rings. The highest BCUT2D eigenvalue weighted by Gasteiger charge is 2.27. The molecule has 5 heteroatoms. The van der Waals surface area contributed by atoms with E-state index >= 15 is 0 Å². The predicted octanol–water partition coefficient (Wildman–Crippen LogP) is 1.81. The molecule has 0 aromatic heterocycles. The zero-order chi connectivity index (χ0) is 13.3. The summed E-state index contributed by atoms with van der Waals surface area (Å²) in [6, 6.07) is 5.63. The molecule has 98 valence electrons. The Bertz CT molecular complexity index is 464. The Morgan fingerprint density at radius 1 is 1.44 bits per heavy atom. The first kappa shape index (κ1) is 13.4. The number of nitrogen functional groups attached to an aromatic ring is 1. The molecule has 1 atom stereocenters. The Balaban J connectivity index is 2.20. The summed E-state index contributed by atoms with van der Waals surface area (Å²) in [5.74, 6) is 0.0283. The van der Waals surface area contributed by atoms with Gasteiger partial charge in [-0.2, -0.15) is 0 Å². The van der Waals surface area contributed by atoms with Crippen LogP contribution in [0.3, 0.4) is 0 Å². The van der Waals surface area contributed by atoms with Crippen LogP contribution in [0.2, 0.25) is 0 Å². The van der Waals surface area contributed by atoms with Crippen molar-refractivity contribution in [2.45, 2.75) is 13.0 Å². The number of carbonyl (C=O) groups excluding carboxylic acids is 1. The summed E-state index contributed by atoms with van der Waals surface area (Å²) in [6.07, 6.45) is 0. The van der Waals surface area contributed by atoms with Gasteiger partial charge in [0.15, 0.2) is 0 Å². The highest BCUT2D eigenvalue weighted by Crippen LogP contribution is 2.21. The second-order valence-electron chi connectivity index (χ2n) is 4.84. The van der Waals surface area contributed by atoms with E-state index in [1.165, 1.54) is 0 Å². The lowest BCUT2D eigenvalue weighted by atomic mass is 10.1. The fourth-order valence-corrected chi connectivity index (χ4v) is 2.70. The fraction of sp³-hybridized carbons (Fsp3) is 0.462. The summed E-state index contributed by atoms with van der Waals surface area (Å²) in [6.45, 7) is 4.64. The van der Waals surface area contributed by atoms with E-state index in [-0.39, 0.29) is 11.9 Å². The van der Waals surface area contributed by atoms with Gasteiger partial charge in [0.2, 0.25) is 0 Å². The van der Waals surface area contributed by atoms with Gasteiger partial charge in [0.1, 0.15) is 0 Å². The molecule has 1 unspecified atom stereocenters. The number of nitrogens with two attached hydrogens (primary N) is 1. The normalized spacial score (nSPS) is 21.1. The van der Waals surface area contributed by atoms with Crippen LogP contribution >= 0.6 is 15.9 Å². The first-order valence-electron chi connectivity index (χ1n) is 6.03. The summed E-state index contributed by atoms with van der Waals surface area (Å²) in [7, 11) is 2.08. The number of hydrogen-bond donors (Lipinski definition) is 1. The lowest BCUT2D eigenvalue weighted by Crippen LogP contribution is -2.52. The smallest absolute Gasteiger partial charge is 0.256 e. The van der Waals surface area contributed by atoms with Gasteiger partial charge in [0.25, 0.3) is 5.91 Å². The number of piperazine rings is 1. The highest BCUT2D eigenvalue weighted by atomic mass is 79.9. The topological polar surface area (TPSA) is 49.6 Å². The quantitative estimate of drug-likeness (QED) is 0.805. The number of carbonyl (C=O) groups is 1. The molecule has 1 amide bonds. The summed E-state index contributed by atoms with van der Waals surface area (Å²) in [5.41, 5.74) is 7.03. The molecule has 2 N–H and O–H groups in total. The summed E-state index contributed by atoms with van der Waals surface area (Å²) < 4.78 is 0.892. The van der Waals surface area contributed by atoms with Gasteiger partial charge in [-0.05, 0) is 32.2 Å². The molecule has 1 aromatic carbocycles. The van der Waals surface area contributed by atoms with Crippen LogP contribution in [-0.4, -0.2) is 48.4 Å². The summed E-state index contributed by atoms with van der Waals surface area (Å²) in [4.78, 5) is 16.6. The van der Waals surface area contributed by atoms with Gasteiger partial charge in [0.05, 0.1) is 5.56 Å². The summed E-state index contributed by atoms with van der Waals surface area (Å²) in [5, 5.41) is 0. The van der Waals surface area contributed by atoms with Crippen molar-refractivity contribution in [1.29, 1.82) is 0 Å². The van der Waals surface area contributed by atoms with Crippen LogP contribution in [0.25, 0.3) is 0 Å². The average molecular weight is 312 g/mol. The second-order valence-corrected chi connectivity index (χ2v) is 5.76. The van der Waals surface area contributed by atoms with E-state index in [4.69, 9.17) is 5.73 Å². The largest absolute Gasteiger partial charge is 0.398 e. The number of hydrogen-bond acceptors (Lipinski definition) is 3. The van der Waals surface area contributed by atoms with Crippen LogP contribution in [0.4, 0.5) is 5.69 Å². The minimum absolute atomic E-state index is 0.0283. The van der Waals surface area contributed by atoms with Crippen molar-refractivity contribution in [3.8, 4) is 0 Å². The maximum absolute atomic E-state index is 12.5. The lowest BCUT2D eigenvalue weighted by molar-refractivity contribution is 0.0534. The molecule has 1 aliphatic heterocycles. The van der Waals surface area contributed by atoms with Crippen LogP contribution < -0.4 is 5.73 Å². The van der Waals surface area contributed by atoms with E-state index in [0.29, 0.717) is 11.3 Å². The van der Waals surface area contributed by atoms with Gasteiger partial charge in [-0.1, -0.05) is 15.9 Å². The molecule has 0 aliphatic carbocycles. The minimum atomic E-state index is 0.0283. The van der Waals surface area contributed by atoms with Gasteiger partial charge in [-0.3, -0.25) is 4.79 Å². The van der Waals surface area contributed by atoms with E-state index in [1.54, 1.807) is 12.1 Å². The molecule has 1 saturated heterocycles. The fourth-order valence-electron chi connectivity index (χ4n) is 2.32. The molecule has 4 nitrogen and oxygen atoms in total. The van der Waals surface area contributed by atoms with Crippen molar-refractivity contribution < 1.29 is 4.79 Å². The molecule has 0 bridgehead atoms. The Morgan fingerprint density at radius 2 is 2.17 bits per heavy atom. The lowest BCUT2D eigenvalue weighted by Gasteiger charge is -2.38. The standard InChI is InChI=1S/C13H18BrN3O/c1-9-8-16(2)5-6-17(9)13(18)11-4-3-10(14)7-12(11)15/h3-4,7,9H,5-6,8,15H2,1-2H3. The van der Waals surface area contributed by atoms with Crippen LogP contribution in [0.1, 0.15) is 17.3 Å². The van der Waals surface area contributed by atoms with E-state index in [1.807, 2.05) is 11.0 Å². The molecule has 1 aromatic rings. The number of rotatable bonds is 1. The first-order valence-corrected chi connectivity index (χ1v) is 6.83. The molecule has 0 saturated carbocycles. The first-order chi connectivity index (χ1) is 8.49. The summed E-state index contributed by atoms with van der Waals surface area (Å²) >= 11 is 3.35. The van der Waals surface area contributed by atoms with Crippen molar-refractivity contribution in [3.05, 3.63) is 28.2 Å². The maximum atomic E-state index is 12.5. The highest BCUT2D eigenvalue weighted by molar-refractivity contribution is 9.10. The number of halogens is 1. The molecule has 1 fully saturated rings. The van der Waals surface area contributed by atoms with Crippen LogP contribution in [0, 0.1) is 0 Å². The van der Waals surface area contributed by atoms with E-state index < -0.39 is 0 Å². The van der Waals surface area contributed by atoms with Gasteiger partial charge in [0, 0.05) is 35.8 Å². The molecule has 18 heavy (non-hydrogen) atoms. The Morgan fingerprint density at radius 3 is 2.78 bits per heavy atom. The van der Waals surface area contributed by atoms with Crippen LogP contribution in [0.5, 0.6) is 0 Å². The minimum Gasteiger partial charge on any atom is -0.398 e. The van der Waals surface area contributed by atoms with E-state index in [0.717, 1.165) is 24.1 Å². The van der Waals surface area contributed by atoms with Crippen molar-refractivity contribution >= 4 is 27.5 Å². The van der Waals surface area contributed by atoms with E-state index in [2.05, 4.69) is 34.8 Å². The Hall–Kier alpha value is -1.07. The van der Waals surface area contributed by atoms with Crippen molar-refractivity contribution in [2.24, 2.45) is 0 Å². The van der Waals surface area contributed by atoms with Gasteiger partial charge >= 0.3 is 0 Å². The molecule has 1 heterocycles. The maximum Gasteiger partial charge on any atom is 0.256 e. The van der Waals surface area contributed by atoms with Crippen molar-refractivity contribution in [2.75, 3.05) is 32.4 Å². The monoisotopic (exact) mass is 311 g/mol. The molecular formula is C13H18BrN3O. The zero-order valence-electron chi connectivity index (χ0n) is 10.7. The number of benzene rings is 1. The van der Waals surface area contributed by atoms with Gasteiger partial charge < -0.3 is 15.5 Å². The van der Waals surface area contributed by atoms with Gasteiger partial charge in [-0.15, -0.1) is 0 Å². The molecule has 2 rings (SSSR count). The second kappa shape index (κ2) is 5.28. The molecule has 0 radical (unpaired) electrons. The SMILES string of the molecule is CC1CN(C)CCN1C(=O)c1ccc(Br)cc1N. The number of anilines is 1. The molecule has 0 spiro atoms. The zero-order valence-corrected chi connectivity index (χ0v) is 12.3. The number of nitrogens with zero attached hydrogens (tertiary/aromatic N) is 2. The van der Waals surface area contributed by atoms with Crippen LogP contribution in [0.15, 0.2) is 22.7 Å². The predicted molar refractivity (Wildman–Crippen MR) is 76.5 cm³/mol. The third-order valence-corrected chi connectivity index (χ3v) is 3.83. The average Bonchev–Trinajstić information content (AvgIpc) is 2.28. The third kappa shape index (κ3) is 2.67. The van der Waals surface area contributed by atoms with E-state index in [9.17, 15) is 4.79 Å². The van der Waals surface area contributed by atoms with Crippen LogP contribution in [-0.2, 0) is 0 Å². The van der Waals surface area contributed by atoms with Gasteiger partial charge in [-0.25, -0.2) is 0 Å².